The lowest BCUT2D eigenvalue weighted by atomic mass is 10.1. The molecule has 1 aromatic rings. The Morgan fingerprint density at radius 2 is 2.12 bits per heavy atom. The van der Waals surface area contributed by atoms with Crippen LogP contribution < -0.4 is 5.32 Å². The maximum atomic E-state index is 11.5. The molecule has 0 saturated heterocycles. The molecule has 0 saturated carbocycles. The first-order valence-corrected chi connectivity index (χ1v) is 6.02. The van der Waals surface area contributed by atoms with Crippen molar-refractivity contribution in [1.29, 1.82) is 0 Å². The number of halogens is 1. The van der Waals surface area contributed by atoms with Gasteiger partial charge in [-0.2, -0.15) is 0 Å². The number of nitrogens with zero attached hydrogens (tertiary/aromatic N) is 1. The minimum absolute atomic E-state index is 0.0338. The SMILES string of the molecule is C[C@H](NC(=O)CCCCCl)c1ccncc1. The molecule has 0 radical (unpaired) electrons. The molecule has 0 unspecified atom stereocenters. The van der Waals surface area contributed by atoms with Gasteiger partial charge in [-0.15, -0.1) is 11.6 Å². The number of alkyl halides is 1. The van der Waals surface area contributed by atoms with Crippen LogP contribution in [0, 0.1) is 0 Å². The number of aromatic nitrogens is 1. The van der Waals surface area contributed by atoms with Gasteiger partial charge in [-0.1, -0.05) is 0 Å². The maximum Gasteiger partial charge on any atom is 0.220 e. The molecule has 0 aliphatic heterocycles. The Kier molecular flexibility index (Phi) is 5.86. The van der Waals surface area contributed by atoms with Crippen molar-refractivity contribution >= 4 is 17.5 Å². The van der Waals surface area contributed by atoms with Crippen molar-refractivity contribution in [3.8, 4) is 0 Å². The lowest BCUT2D eigenvalue weighted by molar-refractivity contribution is -0.121. The van der Waals surface area contributed by atoms with E-state index in [0.717, 1.165) is 18.4 Å². The fraction of sp³-hybridized carbons (Fsp3) is 0.500. The minimum atomic E-state index is 0.0338. The molecule has 1 atom stereocenters. The summed E-state index contributed by atoms with van der Waals surface area (Å²) in [5.41, 5.74) is 1.07. The highest BCUT2D eigenvalue weighted by atomic mass is 35.5. The molecule has 0 aliphatic rings. The Labute approximate surface area is 101 Å². The average Bonchev–Trinajstić information content (AvgIpc) is 2.30. The van der Waals surface area contributed by atoms with Crippen LogP contribution in [0.1, 0.15) is 37.8 Å². The maximum absolute atomic E-state index is 11.5. The van der Waals surface area contributed by atoms with Gasteiger partial charge in [0.2, 0.25) is 5.91 Å². The normalized spacial score (nSPS) is 12.1. The summed E-state index contributed by atoms with van der Waals surface area (Å²) in [5.74, 6) is 0.696. The molecule has 0 aliphatic carbocycles. The van der Waals surface area contributed by atoms with Crippen LogP contribution in [-0.4, -0.2) is 16.8 Å². The number of carbonyl (C=O) groups is 1. The van der Waals surface area contributed by atoms with Crippen LogP contribution in [-0.2, 0) is 4.79 Å². The van der Waals surface area contributed by atoms with E-state index in [2.05, 4.69) is 10.3 Å². The second-order valence-corrected chi connectivity index (χ2v) is 4.09. The first kappa shape index (κ1) is 13.0. The third kappa shape index (κ3) is 4.62. The van der Waals surface area contributed by atoms with E-state index in [9.17, 15) is 4.79 Å². The number of unbranched alkanes of at least 4 members (excludes halogenated alkanes) is 1. The zero-order chi connectivity index (χ0) is 11.8. The van der Waals surface area contributed by atoms with Crippen molar-refractivity contribution in [2.24, 2.45) is 0 Å². The van der Waals surface area contributed by atoms with Crippen molar-refractivity contribution in [1.82, 2.24) is 10.3 Å². The smallest absolute Gasteiger partial charge is 0.220 e. The summed E-state index contributed by atoms with van der Waals surface area (Å²) in [7, 11) is 0. The number of hydrogen-bond donors (Lipinski definition) is 1. The van der Waals surface area contributed by atoms with Crippen LogP contribution >= 0.6 is 11.6 Å². The van der Waals surface area contributed by atoms with Crippen molar-refractivity contribution in [2.75, 3.05) is 5.88 Å². The first-order chi connectivity index (χ1) is 7.74. The highest BCUT2D eigenvalue weighted by molar-refractivity contribution is 6.17. The van der Waals surface area contributed by atoms with Gasteiger partial charge >= 0.3 is 0 Å². The summed E-state index contributed by atoms with van der Waals surface area (Å²) in [6.07, 6.45) is 5.73. The molecule has 0 fully saturated rings. The van der Waals surface area contributed by atoms with Crippen LogP contribution in [0.3, 0.4) is 0 Å². The summed E-state index contributed by atoms with van der Waals surface area (Å²) in [6.45, 7) is 1.97. The second kappa shape index (κ2) is 7.23. The topological polar surface area (TPSA) is 42.0 Å². The van der Waals surface area contributed by atoms with E-state index in [1.54, 1.807) is 12.4 Å². The third-order valence-corrected chi connectivity index (χ3v) is 2.64. The lowest BCUT2D eigenvalue weighted by Gasteiger charge is -2.13. The Bertz CT molecular complexity index is 316. The summed E-state index contributed by atoms with van der Waals surface area (Å²) < 4.78 is 0. The molecule has 1 N–H and O–H groups in total. The molecule has 88 valence electrons. The van der Waals surface area contributed by atoms with Gasteiger partial charge in [-0.25, -0.2) is 0 Å². The van der Waals surface area contributed by atoms with Crippen LogP contribution in [0.25, 0.3) is 0 Å². The second-order valence-electron chi connectivity index (χ2n) is 3.72. The minimum Gasteiger partial charge on any atom is -0.350 e. The quantitative estimate of drug-likeness (QED) is 0.614. The van der Waals surface area contributed by atoms with Gasteiger partial charge in [0.15, 0.2) is 0 Å². The predicted molar refractivity (Wildman–Crippen MR) is 65.4 cm³/mol. The molecule has 0 bridgehead atoms. The van der Waals surface area contributed by atoms with Gasteiger partial charge in [0.1, 0.15) is 0 Å². The van der Waals surface area contributed by atoms with E-state index in [4.69, 9.17) is 11.6 Å². The average molecular weight is 241 g/mol. The Balaban J connectivity index is 2.34. The molecule has 1 aromatic heterocycles. The van der Waals surface area contributed by atoms with Gasteiger partial charge in [0.05, 0.1) is 6.04 Å². The van der Waals surface area contributed by atoms with E-state index in [1.807, 2.05) is 19.1 Å². The number of pyridine rings is 1. The molecule has 3 nitrogen and oxygen atoms in total. The van der Waals surface area contributed by atoms with Gasteiger partial charge < -0.3 is 5.32 Å². The molecule has 0 spiro atoms. The lowest BCUT2D eigenvalue weighted by Crippen LogP contribution is -2.26. The van der Waals surface area contributed by atoms with Gasteiger partial charge in [-0.3, -0.25) is 9.78 Å². The highest BCUT2D eigenvalue weighted by Gasteiger charge is 2.08. The van der Waals surface area contributed by atoms with E-state index < -0.39 is 0 Å². The van der Waals surface area contributed by atoms with Crippen LogP contribution in [0.15, 0.2) is 24.5 Å². The number of rotatable bonds is 6. The van der Waals surface area contributed by atoms with E-state index in [1.165, 1.54) is 0 Å². The zero-order valence-electron chi connectivity index (χ0n) is 9.45. The summed E-state index contributed by atoms with van der Waals surface area (Å²) >= 11 is 5.55. The Morgan fingerprint density at radius 3 is 2.75 bits per heavy atom. The molecular weight excluding hydrogens is 224 g/mol. The van der Waals surface area contributed by atoms with E-state index >= 15 is 0 Å². The van der Waals surface area contributed by atoms with Crippen molar-refractivity contribution in [2.45, 2.75) is 32.2 Å². The van der Waals surface area contributed by atoms with Gasteiger partial charge in [-0.05, 0) is 37.5 Å². The number of amides is 1. The summed E-state index contributed by atoms with van der Waals surface area (Å²) in [4.78, 5) is 15.5. The number of carbonyl (C=O) groups excluding carboxylic acids is 1. The van der Waals surface area contributed by atoms with Crippen LogP contribution in [0.2, 0.25) is 0 Å². The van der Waals surface area contributed by atoms with Crippen LogP contribution in [0.5, 0.6) is 0 Å². The standard InChI is InChI=1S/C12H17ClN2O/c1-10(11-5-8-14-9-6-11)15-12(16)4-2-3-7-13/h5-6,8-10H,2-4,7H2,1H3,(H,15,16)/t10-/m0/s1. The van der Waals surface area contributed by atoms with E-state index in [-0.39, 0.29) is 11.9 Å². The van der Waals surface area contributed by atoms with Crippen molar-refractivity contribution in [3.05, 3.63) is 30.1 Å². The largest absolute Gasteiger partial charge is 0.350 e. The third-order valence-electron chi connectivity index (χ3n) is 2.37. The summed E-state index contributed by atoms with van der Waals surface area (Å²) in [5, 5.41) is 2.95. The molecule has 0 aromatic carbocycles. The predicted octanol–water partition coefficient (Wildman–Crippen LogP) is 2.67. The number of nitrogens with one attached hydrogen (secondary N) is 1. The first-order valence-electron chi connectivity index (χ1n) is 5.49. The monoisotopic (exact) mass is 240 g/mol. The Hall–Kier alpha value is -1.09. The van der Waals surface area contributed by atoms with Crippen molar-refractivity contribution < 1.29 is 4.79 Å². The molecule has 1 amide bonds. The fourth-order valence-corrected chi connectivity index (χ4v) is 1.62. The summed E-state index contributed by atoms with van der Waals surface area (Å²) in [6, 6.07) is 3.85. The number of hydrogen-bond acceptors (Lipinski definition) is 2. The highest BCUT2D eigenvalue weighted by Crippen LogP contribution is 2.10. The molecule has 1 rings (SSSR count). The Morgan fingerprint density at radius 1 is 1.44 bits per heavy atom. The molecular formula is C12H17ClN2O. The van der Waals surface area contributed by atoms with Gasteiger partial charge in [0, 0.05) is 24.7 Å². The zero-order valence-corrected chi connectivity index (χ0v) is 10.2. The van der Waals surface area contributed by atoms with Crippen LogP contribution in [0.4, 0.5) is 0 Å². The molecule has 1 heterocycles. The molecule has 4 heteroatoms. The van der Waals surface area contributed by atoms with Crippen molar-refractivity contribution in [3.63, 3.8) is 0 Å². The van der Waals surface area contributed by atoms with E-state index in [0.29, 0.717) is 12.3 Å². The van der Waals surface area contributed by atoms with Gasteiger partial charge in [0.25, 0.3) is 0 Å². The molecule has 16 heavy (non-hydrogen) atoms. The fourth-order valence-electron chi connectivity index (χ4n) is 1.43.